The lowest BCUT2D eigenvalue weighted by molar-refractivity contribution is 0.102. The smallest absolute Gasteiger partial charge is 0.196 e. The molecular weight excluding hydrogens is 238 g/mol. The number of rotatable bonds is 3. The molecule has 2 rings (SSSR count). The summed E-state index contributed by atoms with van der Waals surface area (Å²) in [6.07, 6.45) is 0.417. The molecule has 90 valence electrons. The molecule has 0 unspecified atom stereocenters. The summed E-state index contributed by atoms with van der Waals surface area (Å²) in [5.74, 6) is -1.90. The van der Waals surface area contributed by atoms with E-state index < -0.39 is 17.4 Å². The number of aldehydes is 1. The largest absolute Gasteiger partial charge is 0.298 e. The van der Waals surface area contributed by atoms with E-state index in [9.17, 15) is 18.4 Å². The maximum Gasteiger partial charge on any atom is 0.196 e. The molecule has 18 heavy (non-hydrogen) atoms. The van der Waals surface area contributed by atoms with E-state index >= 15 is 0 Å². The van der Waals surface area contributed by atoms with Crippen LogP contribution < -0.4 is 0 Å². The van der Waals surface area contributed by atoms with E-state index in [4.69, 9.17) is 0 Å². The number of hydrogen-bond acceptors (Lipinski definition) is 2. The molecule has 0 aromatic heterocycles. The molecule has 0 aliphatic carbocycles. The van der Waals surface area contributed by atoms with E-state index in [0.29, 0.717) is 6.29 Å². The Labute approximate surface area is 102 Å². The number of hydrogen-bond donors (Lipinski definition) is 0. The third-order valence-electron chi connectivity index (χ3n) is 2.51. The first-order valence-corrected chi connectivity index (χ1v) is 5.17. The summed E-state index contributed by atoms with van der Waals surface area (Å²) in [5, 5.41) is 0. The Balaban J connectivity index is 2.52. The van der Waals surface area contributed by atoms with Gasteiger partial charge < -0.3 is 0 Å². The van der Waals surface area contributed by atoms with Crippen LogP contribution >= 0.6 is 0 Å². The lowest BCUT2D eigenvalue weighted by atomic mass is 9.98. The Morgan fingerprint density at radius 2 is 1.67 bits per heavy atom. The predicted molar refractivity (Wildman–Crippen MR) is 61.6 cm³/mol. The maximum atomic E-state index is 13.6. The fourth-order valence-electron chi connectivity index (χ4n) is 1.62. The SMILES string of the molecule is O=Cc1cccc(F)c1C(=O)c1ccc(F)cc1. The highest BCUT2D eigenvalue weighted by molar-refractivity contribution is 6.12. The topological polar surface area (TPSA) is 34.1 Å². The van der Waals surface area contributed by atoms with E-state index in [2.05, 4.69) is 0 Å². The Bertz CT molecular complexity index is 604. The molecule has 0 heterocycles. The molecule has 2 aromatic carbocycles. The van der Waals surface area contributed by atoms with E-state index in [0.717, 1.165) is 18.2 Å². The van der Waals surface area contributed by atoms with Crippen LogP contribution in [-0.4, -0.2) is 12.1 Å². The molecule has 0 saturated heterocycles. The molecule has 0 radical (unpaired) electrons. The summed E-state index contributed by atoms with van der Waals surface area (Å²) < 4.78 is 26.3. The van der Waals surface area contributed by atoms with Gasteiger partial charge in [-0.05, 0) is 30.3 Å². The Kier molecular flexibility index (Phi) is 3.28. The molecule has 0 bridgehead atoms. The molecule has 0 atom stereocenters. The molecule has 2 aromatic rings. The minimum atomic E-state index is -0.770. The van der Waals surface area contributed by atoms with Crippen LogP contribution in [0.5, 0.6) is 0 Å². The molecule has 4 heteroatoms. The summed E-state index contributed by atoms with van der Waals surface area (Å²) >= 11 is 0. The number of halogens is 2. The quantitative estimate of drug-likeness (QED) is 0.616. The van der Waals surface area contributed by atoms with Gasteiger partial charge in [-0.2, -0.15) is 0 Å². The van der Waals surface area contributed by atoms with E-state index in [1.165, 1.54) is 24.3 Å². The van der Waals surface area contributed by atoms with Crippen LogP contribution in [0.3, 0.4) is 0 Å². The van der Waals surface area contributed by atoms with Crippen LogP contribution in [0.25, 0.3) is 0 Å². The van der Waals surface area contributed by atoms with Crippen molar-refractivity contribution in [1.29, 1.82) is 0 Å². The van der Waals surface area contributed by atoms with Crippen LogP contribution in [0.2, 0.25) is 0 Å². The monoisotopic (exact) mass is 246 g/mol. The van der Waals surface area contributed by atoms with Gasteiger partial charge >= 0.3 is 0 Å². The van der Waals surface area contributed by atoms with Crippen LogP contribution in [0.15, 0.2) is 42.5 Å². The second-order valence-electron chi connectivity index (χ2n) is 3.66. The molecular formula is C14H8F2O2. The van der Waals surface area contributed by atoms with Crippen molar-refractivity contribution < 1.29 is 18.4 Å². The maximum absolute atomic E-state index is 13.6. The van der Waals surface area contributed by atoms with Gasteiger partial charge in [-0.15, -0.1) is 0 Å². The highest BCUT2D eigenvalue weighted by atomic mass is 19.1. The first-order valence-electron chi connectivity index (χ1n) is 5.17. The van der Waals surface area contributed by atoms with Crippen molar-refractivity contribution in [1.82, 2.24) is 0 Å². The van der Waals surface area contributed by atoms with Crippen LogP contribution in [0.1, 0.15) is 26.3 Å². The first-order chi connectivity index (χ1) is 8.63. The summed E-state index contributed by atoms with van der Waals surface area (Å²) in [6.45, 7) is 0. The van der Waals surface area contributed by atoms with E-state index in [1.807, 2.05) is 0 Å². The Morgan fingerprint density at radius 1 is 1.00 bits per heavy atom. The third kappa shape index (κ3) is 2.18. The van der Waals surface area contributed by atoms with Crippen molar-refractivity contribution >= 4 is 12.1 Å². The zero-order valence-corrected chi connectivity index (χ0v) is 9.19. The second kappa shape index (κ2) is 4.87. The summed E-state index contributed by atoms with van der Waals surface area (Å²) in [4.78, 5) is 22.8. The summed E-state index contributed by atoms with van der Waals surface area (Å²) in [6, 6.07) is 8.51. The standard InChI is InChI=1S/C14H8F2O2/c15-11-6-4-9(5-7-11)14(18)13-10(8-17)2-1-3-12(13)16/h1-8H. The second-order valence-corrected chi connectivity index (χ2v) is 3.66. The Hall–Kier alpha value is -2.36. The van der Waals surface area contributed by atoms with Crippen LogP contribution in [0, 0.1) is 11.6 Å². The van der Waals surface area contributed by atoms with Gasteiger partial charge in [-0.3, -0.25) is 9.59 Å². The fourth-order valence-corrected chi connectivity index (χ4v) is 1.62. The molecule has 0 fully saturated rings. The lowest BCUT2D eigenvalue weighted by Crippen LogP contribution is -2.08. The minimum absolute atomic E-state index is 0.0238. The van der Waals surface area contributed by atoms with E-state index in [-0.39, 0.29) is 16.7 Å². The molecule has 2 nitrogen and oxygen atoms in total. The number of benzene rings is 2. The van der Waals surface area contributed by atoms with Crippen LogP contribution in [-0.2, 0) is 0 Å². The number of carbonyl (C=O) groups excluding carboxylic acids is 2. The number of ketones is 1. The van der Waals surface area contributed by atoms with Gasteiger partial charge in [0.05, 0.1) is 5.56 Å². The third-order valence-corrected chi connectivity index (χ3v) is 2.51. The van der Waals surface area contributed by atoms with Gasteiger partial charge in [-0.1, -0.05) is 12.1 Å². The summed E-state index contributed by atoms with van der Waals surface area (Å²) in [7, 11) is 0. The average molecular weight is 246 g/mol. The molecule has 0 amide bonds. The molecule has 0 aliphatic rings. The predicted octanol–water partition coefficient (Wildman–Crippen LogP) is 3.01. The fraction of sp³-hybridized carbons (Fsp3) is 0. The average Bonchev–Trinajstić information content (AvgIpc) is 2.38. The molecule has 0 saturated carbocycles. The van der Waals surface area contributed by atoms with Crippen molar-refractivity contribution in [3.63, 3.8) is 0 Å². The Morgan fingerprint density at radius 3 is 2.28 bits per heavy atom. The lowest BCUT2D eigenvalue weighted by Gasteiger charge is -2.05. The first kappa shape index (κ1) is 12.1. The van der Waals surface area contributed by atoms with Crippen molar-refractivity contribution in [2.24, 2.45) is 0 Å². The van der Waals surface area contributed by atoms with Crippen molar-refractivity contribution in [2.45, 2.75) is 0 Å². The molecule has 0 N–H and O–H groups in total. The molecule has 0 spiro atoms. The van der Waals surface area contributed by atoms with Gasteiger partial charge in [0.25, 0.3) is 0 Å². The van der Waals surface area contributed by atoms with Crippen molar-refractivity contribution in [3.8, 4) is 0 Å². The normalized spacial score (nSPS) is 10.1. The zero-order chi connectivity index (χ0) is 13.1. The molecule has 0 aliphatic heterocycles. The highest BCUT2D eigenvalue weighted by Gasteiger charge is 2.17. The number of carbonyl (C=O) groups is 2. The van der Waals surface area contributed by atoms with Gasteiger partial charge in [-0.25, -0.2) is 8.78 Å². The van der Waals surface area contributed by atoms with Gasteiger partial charge in [0.15, 0.2) is 12.1 Å². The van der Waals surface area contributed by atoms with E-state index in [1.54, 1.807) is 0 Å². The van der Waals surface area contributed by atoms with Gasteiger partial charge in [0.1, 0.15) is 11.6 Å². The van der Waals surface area contributed by atoms with Crippen LogP contribution in [0.4, 0.5) is 8.78 Å². The summed E-state index contributed by atoms with van der Waals surface area (Å²) in [5.41, 5.74) is -0.187. The van der Waals surface area contributed by atoms with Gasteiger partial charge in [0.2, 0.25) is 0 Å². The van der Waals surface area contributed by atoms with Gasteiger partial charge in [0, 0.05) is 11.1 Å². The highest BCUT2D eigenvalue weighted by Crippen LogP contribution is 2.17. The zero-order valence-electron chi connectivity index (χ0n) is 9.19. The minimum Gasteiger partial charge on any atom is -0.298 e. The van der Waals surface area contributed by atoms with Crippen molar-refractivity contribution in [3.05, 3.63) is 70.8 Å². The van der Waals surface area contributed by atoms with Crippen molar-refractivity contribution in [2.75, 3.05) is 0 Å².